The fourth-order valence-corrected chi connectivity index (χ4v) is 4.72. The largest absolute Gasteiger partial charge is 0.507 e. The number of benzene rings is 3. The van der Waals surface area contributed by atoms with Crippen LogP contribution >= 0.6 is 0 Å². The molecule has 1 unspecified atom stereocenters. The standard InChI is InChI=1S/C30H31N3O6/c34-24-11-10-20-12-14-31-28(35)18-33(30(37)27-19-38-25-8-1-2-9-26(25)39-27)15-4-3-13-32-29(36)22-7-5-6-21(17-22)23(24)16-20/h1-2,5-11,16-17,27,34H,3-4,12-15,18-19H2,(H,31,35)(H,32,36). The zero-order chi connectivity index (χ0) is 27.2. The Bertz CT molecular complexity index is 1370. The second-order valence-electron chi connectivity index (χ2n) is 9.62. The van der Waals surface area contributed by atoms with Crippen LogP contribution in [-0.4, -0.2) is 66.6 Å². The minimum Gasteiger partial charge on any atom is -0.507 e. The Morgan fingerprint density at radius 2 is 1.72 bits per heavy atom. The van der Waals surface area contributed by atoms with Crippen LogP contribution in [0.25, 0.3) is 11.1 Å². The number of phenolic OH excluding ortho intramolecular Hbond substituents is 1. The molecule has 3 N–H and O–H groups in total. The van der Waals surface area contributed by atoms with Crippen molar-refractivity contribution in [2.75, 3.05) is 32.8 Å². The van der Waals surface area contributed by atoms with Crippen molar-refractivity contribution < 1.29 is 29.0 Å². The Kier molecular flexibility index (Phi) is 7.96. The summed E-state index contributed by atoms with van der Waals surface area (Å²) in [5, 5.41) is 16.3. The number of rotatable bonds is 1. The van der Waals surface area contributed by atoms with E-state index in [4.69, 9.17) is 9.47 Å². The zero-order valence-electron chi connectivity index (χ0n) is 21.5. The number of hydrogen-bond acceptors (Lipinski definition) is 6. The lowest BCUT2D eigenvalue weighted by molar-refractivity contribution is -0.144. The van der Waals surface area contributed by atoms with Crippen molar-refractivity contribution >= 4 is 17.7 Å². The van der Waals surface area contributed by atoms with Crippen LogP contribution in [0.15, 0.2) is 66.7 Å². The van der Waals surface area contributed by atoms with Gasteiger partial charge in [0.05, 0.1) is 6.54 Å². The predicted octanol–water partition coefficient (Wildman–Crippen LogP) is 2.91. The number of carbonyl (C=O) groups excluding carboxylic acids is 3. The highest BCUT2D eigenvalue weighted by Gasteiger charge is 2.31. The molecule has 0 fully saturated rings. The van der Waals surface area contributed by atoms with Crippen LogP contribution in [0.1, 0.15) is 28.8 Å². The molecule has 1 atom stereocenters. The van der Waals surface area contributed by atoms with Gasteiger partial charge in [-0.2, -0.15) is 0 Å². The summed E-state index contributed by atoms with van der Waals surface area (Å²) in [7, 11) is 0. The number of nitrogens with zero attached hydrogens (tertiary/aromatic N) is 1. The third-order valence-corrected chi connectivity index (χ3v) is 6.80. The summed E-state index contributed by atoms with van der Waals surface area (Å²) in [4.78, 5) is 40.5. The van der Waals surface area contributed by atoms with Crippen LogP contribution in [0.2, 0.25) is 0 Å². The normalized spacial score (nSPS) is 18.3. The molecule has 4 bridgehead atoms. The van der Waals surface area contributed by atoms with Gasteiger partial charge in [0.15, 0.2) is 11.5 Å². The van der Waals surface area contributed by atoms with Gasteiger partial charge in [0.25, 0.3) is 11.8 Å². The van der Waals surface area contributed by atoms with E-state index in [0.717, 1.165) is 11.1 Å². The molecule has 0 aromatic heterocycles. The number of aromatic hydroxyl groups is 1. The van der Waals surface area contributed by atoms with E-state index in [-0.39, 0.29) is 36.6 Å². The van der Waals surface area contributed by atoms with Crippen LogP contribution in [0, 0.1) is 0 Å². The van der Waals surface area contributed by atoms with E-state index >= 15 is 0 Å². The van der Waals surface area contributed by atoms with Gasteiger partial charge in [-0.25, -0.2) is 0 Å². The fraction of sp³-hybridized carbons (Fsp3) is 0.300. The number of nitrogens with one attached hydrogen (secondary N) is 2. The number of phenols is 1. The number of para-hydroxylation sites is 2. The Morgan fingerprint density at radius 3 is 2.59 bits per heavy atom. The summed E-state index contributed by atoms with van der Waals surface area (Å²) in [6.07, 6.45) is 0.878. The average molecular weight is 530 g/mol. The SMILES string of the molecule is O=C1CN(C(=O)C2COc3ccccc3O2)CCCCNC(=O)c2cccc(c2)-c2cc(ccc2O)CCN1. The lowest BCUT2D eigenvalue weighted by Gasteiger charge is -2.30. The highest BCUT2D eigenvalue weighted by atomic mass is 16.6. The van der Waals surface area contributed by atoms with E-state index in [2.05, 4.69) is 10.6 Å². The van der Waals surface area contributed by atoms with Gasteiger partial charge in [-0.05, 0) is 66.8 Å². The first kappa shape index (κ1) is 26.1. The molecular weight excluding hydrogens is 498 g/mol. The van der Waals surface area contributed by atoms with E-state index in [0.29, 0.717) is 61.5 Å². The monoisotopic (exact) mass is 529 g/mol. The van der Waals surface area contributed by atoms with Crippen LogP contribution in [0.3, 0.4) is 0 Å². The molecule has 0 aliphatic carbocycles. The summed E-state index contributed by atoms with van der Waals surface area (Å²) >= 11 is 0. The number of fused-ring (bicyclic) bond motifs is 6. The van der Waals surface area contributed by atoms with Gasteiger partial charge < -0.3 is 30.1 Å². The Labute approximate surface area is 226 Å². The molecule has 3 aromatic carbocycles. The highest BCUT2D eigenvalue weighted by molar-refractivity contribution is 5.95. The lowest BCUT2D eigenvalue weighted by Crippen LogP contribution is -2.50. The maximum Gasteiger partial charge on any atom is 0.267 e. The van der Waals surface area contributed by atoms with E-state index in [1.807, 2.05) is 18.2 Å². The van der Waals surface area contributed by atoms with Crippen LogP contribution in [0.4, 0.5) is 0 Å². The van der Waals surface area contributed by atoms with E-state index in [1.54, 1.807) is 48.5 Å². The Morgan fingerprint density at radius 1 is 0.897 bits per heavy atom. The van der Waals surface area contributed by atoms with Crippen molar-refractivity contribution in [1.29, 1.82) is 0 Å². The van der Waals surface area contributed by atoms with Crippen molar-refractivity contribution in [2.45, 2.75) is 25.4 Å². The topological polar surface area (TPSA) is 117 Å². The molecule has 0 radical (unpaired) electrons. The summed E-state index contributed by atoms with van der Waals surface area (Å²) < 4.78 is 11.6. The molecule has 9 nitrogen and oxygen atoms in total. The van der Waals surface area contributed by atoms with Crippen molar-refractivity contribution in [3.63, 3.8) is 0 Å². The number of hydrogen-bond donors (Lipinski definition) is 3. The maximum atomic E-state index is 13.4. The van der Waals surface area contributed by atoms with E-state index in [9.17, 15) is 19.5 Å². The molecule has 39 heavy (non-hydrogen) atoms. The predicted molar refractivity (Wildman–Crippen MR) is 145 cm³/mol. The average Bonchev–Trinajstić information content (AvgIpc) is 2.96. The zero-order valence-corrected chi connectivity index (χ0v) is 21.5. The summed E-state index contributed by atoms with van der Waals surface area (Å²) in [5.74, 6) is 0.373. The molecule has 0 saturated heterocycles. The van der Waals surface area contributed by atoms with Crippen molar-refractivity contribution in [2.24, 2.45) is 0 Å². The lowest BCUT2D eigenvalue weighted by atomic mass is 9.98. The first-order chi connectivity index (χ1) is 19.0. The molecule has 3 aromatic rings. The van der Waals surface area contributed by atoms with Gasteiger partial charge in [-0.15, -0.1) is 0 Å². The van der Waals surface area contributed by atoms with Crippen molar-refractivity contribution in [3.05, 3.63) is 77.9 Å². The molecule has 9 heteroatoms. The highest BCUT2D eigenvalue weighted by Crippen LogP contribution is 2.32. The van der Waals surface area contributed by atoms with Gasteiger partial charge in [0, 0.05) is 30.8 Å². The van der Waals surface area contributed by atoms with Gasteiger partial charge in [0.1, 0.15) is 12.4 Å². The third-order valence-electron chi connectivity index (χ3n) is 6.80. The molecule has 2 aliphatic rings. The Balaban J connectivity index is 1.32. The quantitative estimate of drug-likeness (QED) is 0.446. The summed E-state index contributed by atoms with van der Waals surface area (Å²) in [6, 6.07) is 19.6. The first-order valence-electron chi connectivity index (χ1n) is 13.1. The molecule has 202 valence electrons. The molecular formula is C30H31N3O6. The summed E-state index contributed by atoms with van der Waals surface area (Å²) in [6.45, 7) is 1.06. The van der Waals surface area contributed by atoms with Crippen LogP contribution in [0.5, 0.6) is 17.2 Å². The van der Waals surface area contributed by atoms with Crippen molar-refractivity contribution in [1.82, 2.24) is 15.5 Å². The molecule has 0 spiro atoms. The minimum absolute atomic E-state index is 0.0618. The molecule has 3 amide bonds. The second kappa shape index (κ2) is 11.9. The first-order valence-corrected chi connectivity index (χ1v) is 13.1. The molecule has 2 heterocycles. The third kappa shape index (κ3) is 6.31. The number of amides is 3. The maximum absolute atomic E-state index is 13.4. The van der Waals surface area contributed by atoms with Gasteiger partial charge in [-0.1, -0.05) is 30.3 Å². The molecule has 5 rings (SSSR count). The summed E-state index contributed by atoms with van der Waals surface area (Å²) in [5.41, 5.74) is 2.76. The van der Waals surface area contributed by atoms with Crippen LogP contribution in [-0.2, 0) is 16.0 Å². The second-order valence-corrected chi connectivity index (χ2v) is 9.62. The van der Waals surface area contributed by atoms with Gasteiger partial charge >= 0.3 is 0 Å². The minimum atomic E-state index is -0.854. The van der Waals surface area contributed by atoms with E-state index < -0.39 is 6.10 Å². The Hall–Kier alpha value is -4.53. The number of carbonyl (C=O) groups is 3. The van der Waals surface area contributed by atoms with E-state index in [1.165, 1.54) is 4.90 Å². The van der Waals surface area contributed by atoms with Crippen molar-refractivity contribution in [3.8, 4) is 28.4 Å². The van der Waals surface area contributed by atoms with Crippen LogP contribution < -0.4 is 20.1 Å². The fourth-order valence-electron chi connectivity index (χ4n) is 4.72. The number of ether oxygens (including phenoxy) is 2. The molecule has 2 aliphatic heterocycles. The van der Waals surface area contributed by atoms with Gasteiger partial charge in [0.2, 0.25) is 12.0 Å². The van der Waals surface area contributed by atoms with Gasteiger partial charge in [-0.3, -0.25) is 14.4 Å². The smallest absolute Gasteiger partial charge is 0.267 e. The molecule has 0 saturated carbocycles.